The molecule has 2 aromatic carbocycles. The molecule has 164 valence electrons. The van der Waals surface area contributed by atoms with E-state index < -0.39 is 0 Å². The number of piperidine rings is 1. The highest BCUT2D eigenvalue weighted by Gasteiger charge is 2.37. The SMILES string of the molecule is COc1ccc(NC(=O)C2CC(c3cccc(C)c3)CN(C(=O)C3CCCC3)C2)cc1. The average Bonchev–Trinajstić information content (AvgIpc) is 3.34. The Morgan fingerprint density at radius 2 is 1.74 bits per heavy atom. The van der Waals surface area contributed by atoms with E-state index in [4.69, 9.17) is 4.74 Å². The Morgan fingerprint density at radius 1 is 1.00 bits per heavy atom. The van der Waals surface area contributed by atoms with Crippen LogP contribution in [0.1, 0.15) is 49.1 Å². The molecule has 1 saturated heterocycles. The molecule has 4 rings (SSSR count). The van der Waals surface area contributed by atoms with Gasteiger partial charge in [-0.25, -0.2) is 0 Å². The van der Waals surface area contributed by atoms with Gasteiger partial charge in [0.05, 0.1) is 13.0 Å². The molecule has 1 heterocycles. The number of ether oxygens (including phenoxy) is 1. The number of anilines is 1. The van der Waals surface area contributed by atoms with Gasteiger partial charge in [0.2, 0.25) is 11.8 Å². The number of carbonyl (C=O) groups is 2. The number of likely N-dealkylation sites (tertiary alicyclic amines) is 1. The minimum Gasteiger partial charge on any atom is -0.497 e. The van der Waals surface area contributed by atoms with Crippen molar-refractivity contribution in [2.75, 3.05) is 25.5 Å². The number of hydrogen-bond donors (Lipinski definition) is 1. The first-order valence-corrected chi connectivity index (χ1v) is 11.3. The van der Waals surface area contributed by atoms with Gasteiger partial charge in [0.15, 0.2) is 0 Å². The maximum Gasteiger partial charge on any atom is 0.229 e. The Labute approximate surface area is 184 Å². The van der Waals surface area contributed by atoms with Gasteiger partial charge in [-0.2, -0.15) is 0 Å². The van der Waals surface area contributed by atoms with Gasteiger partial charge in [-0.3, -0.25) is 9.59 Å². The normalized spacial score (nSPS) is 21.7. The Balaban J connectivity index is 1.52. The highest BCUT2D eigenvalue weighted by Crippen LogP contribution is 2.34. The van der Waals surface area contributed by atoms with Crippen LogP contribution in [0.5, 0.6) is 5.75 Å². The van der Waals surface area contributed by atoms with E-state index in [1.165, 1.54) is 11.1 Å². The highest BCUT2D eigenvalue weighted by molar-refractivity contribution is 5.93. The number of hydrogen-bond acceptors (Lipinski definition) is 3. The summed E-state index contributed by atoms with van der Waals surface area (Å²) >= 11 is 0. The standard InChI is InChI=1S/C26H32N2O3/c1-18-6-5-9-20(14-18)21-15-22(17-28(16-21)26(30)19-7-3-4-8-19)25(29)27-23-10-12-24(31-2)13-11-23/h5-6,9-14,19,21-22H,3-4,7-8,15-17H2,1-2H3,(H,27,29). The van der Waals surface area contributed by atoms with E-state index in [0.717, 1.165) is 43.5 Å². The van der Waals surface area contributed by atoms with Gasteiger partial charge in [-0.05, 0) is 56.0 Å². The number of nitrogens with one attached hydrogen (secondary N) is 1. The van der Waals surface area contributed by atoms with Crippen molar-refractivity contribution < 1.29 is 14.3 Å². The quantitative estimate of drug-likeness (QED) is 0.758. The van der Waals surface area contributed by atoms with Crippen molar-refractivity contribution in [1.82, 2.24) is 4.90 Å². The van der Waals surface area contributed by atoms with Gasteiger partial charge in [0.25, 0.3) is 0 Å². The van der Waals surface area contributed by atoms with Crippen molar-refractivity contribution in [2.45, 2.75) is 44.9 Å². The van der Waals surface area contributed by atoms with Crippen molar-refractivity contribution in [3.05, 3.63) is 59.7 Å². The molecule has 2 unspecified atom stereocenters. The van der Waals surface area contributed by atoms with E-state index in [0.29, 0.717) is 13.1 Å². The fourth-order valence-corrected chi connectivity index (χ4v) is 4.98. The maximum absolute atomic E-state index is 13.2. The summed E-state index contributed by atoms with van der Waals surface area (Å²) in [6.45, 7) is 3.28. The van der Waals surface area contributed by atoms with Crippen molar-refractivity contribution in [2.24, 2.45) is 11.8 Å². The molecule has 2 aromatic rings. The molecule has 2 fully saturated rings. The van der Waals surface area contributed by atoms with Gasteiger partial charge >= 0.3 is 0 Å². The Kier molecular flexibility index (Phi) is 6.59. The van der Waals surface area contributed by atoms with Gasteiger partial charge in [-0.1, -0.05) is 42.7 Å². The van der Waals surface area contributed by atoms with E-state index in [1.807, 2.05) is 29.2 Å². The molecule has 1 saturated carbocycles. The van der Waals surface area contributed by atoms with Crippen LogP contribution in [0.25, 0.3) is 0 Å². The van der Waals surface area contributed by atoms with E-state index in [-0.39, 0.29) is 29.6 Å². The van der Waals surface area contributed by atoms with Gasteiger partial charge < -0.3 is 15.0 Å². The van der Waals surface area contributed by atoms with Crippen molar-refractivity contribution in [1.29, 1.82) is 0 Å². The number of nitrogens with zero attached hydrogens (tertiary/aromatic N) is 1. The van der Waals surface area contributed by atoms with E-state index in [9.17, 15) is 9.59 Å². The number of methoxy groups -OCH3 is 1. The predicted octanol–water partition coefficient (Wildman–Crippen LogP) is 4.76. The van der Waals surface area contributed by atoms with Gasteiger partial charge in [-0.15, -0.1) is 0 Å². The van der Waals surface area contributed by atoms with Crippen LogP contribution in [0, 0.1) is 18.8 Å². The lowest BCUT2D eigenvalue weighted by Crippen LogP contribution is -2.48. The second-order valence-electron chi connectivity index (χ2n) is 8.99. The molecular weight excluding hydrogens is 388 g/mol. The van der Waals surface area contributed by atoms with Crippen LogP contribution in [-0.2, 0) is 9.59 Å². The van der Waals surface area contributed by atoms with Crippen molar-refractivity contribution in [3.63, 3.8) is 0 Å². The molecule has 5 heteroatoms. The van der Waals surface area contributed by atoms with Crippen LogP contribution in [0.2, 0.25) is 0 Å². The maximum atomic E-state index is 13.2. The molecule has 0 bridgehead atoms. The van der Waals surface area contributed by atoms with Crippen LogP contribution >= 0.6 is 0 Å². The molecule has 1 aliphatic carbocycles. The second kappa shape index (κ2) is 9.54. The van der Waals surface area contributed by atoms with Crippen molar-refractivity contribution in [3.8, 4) is 5.75 Å². The number of rotatable bonds is 5. The highest BCUT2D eigenvalue weighted by atomic mass is 16.5. The average molecular weight is 421 g/mol. The van der Waals surface area contributed by atoms with Gasteiger partial charge in [0, 0.05) is 30.6 Å². The minimum absolute atomic E-state index is 0.0215. The topological polar surface area (TPSA) is 58.6 Å². The van der Waals surface area contributed by atoms with Crippen LogP contribution in [0.4, 0.5) is 5.69 Å². The summed E-state index contributed by atoms with van der Waals surface area (Å²) < 4.78 is 5.20. The monoisotopic (exact) mass is 420 g/mol. The lowest BCUT2D eigenvalue weighted by molar-refractivity contribution is -0.138. The summed E-state index contributed by atoms with van der Waals surface area (Å²) in [5.74, 6) is 1.03. The largest absolute Gasteiger partial charge is 0.497 e. The zero-order valence-corrected chi connectivity index (χ0v) is 18.5. The van der Waals surface area contributed by atoms with Crippen LogP contribution in [0.3, 0.4) is 0 Å². The summed E-state index contributed by atoms with van der Waals surface area (Å²) in [6.07, 6.45) is 4.97. The molecule has 31 heavy (non-hydrogen) atoms. The van der Waals surface area contributed by atoms with Crippen LogP contribution < -0.4 is 10.1 Å². The molecule has 2 amide bonds. The molecule has 0 spiro atoms. The molecule has 0 aromatic heterocycles. The Bertz CT molecular complexity index is 919. The van der Waals surface area contributed by atoms with Gasteiger partial charge in [0.1, 0.15) is 5.75 Å². The Morgan fingerprint density at radius 3 is 2.42 bits per heavy atom. The molecule has 5 nitrogen and oxygen atoms in total. The summed E-state index contributed by atoms with van der Waals surface area (Å²) in [5.41, 5.74) is 3.17. The fraction of sp³-hybridized carbons (Fsp3) is 0.462. The molecule has 1 aliphatic heterocycles. The molecule has 1 N–H and O–H groups in total. The first kappa shape index (κ1) is 21.4. The summed E-state index contributed by atoms with van der Waals surface area (Å²) in [6, 6.07) is 15.8. The zero-order chi connectivity index (χ0) is 21.8. The Hall–Kier alpha value is -2.82. The zero-order valence-electron chi connectivity index (χ0n) is 18.5. The summed E-state index contributed by atoms with van der Waals surface area (Å²) in [4.78, 5) is 28.4. The third-order valence-electron chi connectivity index (χ3n) is 6.71. The van der Waals surface area contributed by atoms with Crippen LogP contribution in [0.15, 0.2) is 48.5 Å². The van der Waals surface area contributed by atoms with E-state index in [2.05, 4.69) is 36.5 Å². The predicted molar refractivity (Wildman–Crippen MR) is 122 cm³/mol. The summed E-state index contributed by atoms with van der Waals surface area (Å²) in [5, 5.41) is 3.04. The first-order chi connectivity index (χ1) is 15.0. The molecular formula is C26H32N2O3. The third-order valence-corrected chi connectivity index (χ3v) is 6.71. The molecule has 2 atom stereocenters. The number of aryl methyl sites for hydroxylation is 1. The minimum atomic E-state index is -0.230. The lowest BCUT2D eigenvalue weighted by Gasteiger charge is -2.38. The molecule has 0 radical (unpaired) electrons. The number of benzene rings is 2. The van der Waals surface area contributed by atoms with Crippen LogP contribution in [-0.4, -0.2) is 36.9 Å². The second-order valence-corrected chi connectivity index (χ2v) is 8.99. The first-order valence-electron chi connectivity index (χ1n) is 11.3. The number of carbonyl (C=O) groups excluding carboxylic acids is 2. The van der Waals surface area contributed by atoms with Crippen molar-refractivity contribution >= 4 is 17.5 Å². The van der Waals surface area contributed by atoms with E-state index in [1.54, 1.807) is 7.11 Å². The number of amides is 2. The fourth-order valence-electron chi connectivity index (χ4n) is 4.98. The van der Waals surface area contributed by atoms with E-state index >= 15 is 0 Å². The third kappa shape index (κ3) is 5.09. The smallest absolute Gasteiger partial charge is 0.229 e. The molecule has 2 aliphatic rings. The summed E-state index contributed by atoms with van der Waals surface area (Å²) in [7, 11) is 1.62. The lowest BCUT2D eigenvalue weighted by atomic mass is 9.83.